The van der Waals surface area contributed by atoms with Gasteiger partial charge in [-0.15, -0.1) is 5.10 Å². The Morgan fingerprint density at radius 3 is 3.17 bits per heavy atom. The zero-order valence-corrected chi connectivity index (χ0v) is 9.66. The number of nitrogens with one attached hydrogen (secondary N) is 2. The number of aromatic nitrogens is 4. The summed E-state index contributed by atoms with van der Waals surface area (Å²) in [5, 5.41) is 23.6. The van der Waals surface area contributed by atoms with E-state index in [-0.39, 0.29) is 5.82 Å². The Kier molecular flexibility index (Phi) is 3.53. The minimum atomic E-state index is -0.537. The van der Waals surface area contributed by atoms with Gasteiger partial charge in [-0.2, -0.15) is 5.10 Å². The first-order chi connectivity index (χ1) is 8.70. The summed E-state index contributed by atoms with van der Waals surface area (Å²) in [4.78, 5) is 10.1. The van der Waals surface area contributed by atoms with Gasteiger partial charge in [-0.1, -0.05) is 5.10 Å². The molecule has 0 saturated carbocycles. The summed E-state index contributed by atoms with van der Waals surface area (Å²) in [7, 11) is 1.61. The Hall–Kier alpha value is -2.42. The van der Waals surface area contributed by atoms with E-state index in [1.54, 1.807) is 24.2 Å². The third kappa shape index (κ3) is 2.63. The normalized spacial score (nSPS) is 10.5. The lowest BCUT2D eigenvalue weighted by atomic mass is 10.4. The lowest BCUT2D eigenvalue weighted by molar-refractivity contribution is -0.388. The molecule has 0 unspecified atom stereocenters. The van der Waals surface area contributed by atoms with Crippen molar-refractivity contribution in [2.75, 3.05) is 19.0 Å². The monoisotopic (exact) mass is 252 g/mol. The van der Waals surface area contributed by atoms with E-state index < -0.39 is 4.92 Å². The zero-order chi connectivity index (χ0) is 13.0. The van der Waals surface area contributed by atoms with Crippen molar-refractivity contribution in [2.45, 2.75) is 6.54 Å². The van der Waals surface area contributed by atoms with Crippen LogP contribution in [0.2, 0.25) is 0 Å². The highest BCUT2D eigenvalue weighted by Gasteiger charge is 2.15. The summed E-state index contributed by atoms with van der Waals surface area (Å²) in [5.74, 6) is -0.181. The molecular weight excluding hydrogens is 240 g/mol. The first-order valence-corrected chi connectivity index (χ1v) is 5.17. The van der Waals surface area contributed by atoms with Crippen LogP contribution < -0.4 is 5.32 Å². The summed E-state index contributed by atoms with van der Waals surface area (Å²) in [6.07, 6.45) is 4.66. The van der Waals surface area contributed by atoms with Crippen molar-refractivity contribution < 1.29 is 9.66 Å². The van der Waals surface area contributed by atoms with Crippen LogP contribution in [-0.2, 0) is 11.3 Å². The molecule has 9 nitrogen and oxygen atoms in total. The van der Waals surface area contributed by atoms with Crippen molar-refractivity contribution in [1.82, 2.24) is 20.0 Å². The van der Waals surface area contributed by atoms with E-state index in [9.17, 15) is 10.1 Å². The molecule has 0 spiro atoms. The molecule has 2 N–H and O–H groups in total. The number of aromatic amines is 1. The van der Waals surface area contributed by atoms with Crippen LogP contribution in [0.15, 0.2) is 18.6 Å². The van der Waals surface area contributed by atoms with Gasteiger partial charge in [0.1, 0.15) is 6.20 Å². The van der Waals surface area contributed by atoms with Gasteiger partial charge in [-0.3, -0.25) is 4.68 Å². The number of hydrogen-bond acceptors (Lipinski definition) is 6. The van der Waals surface area contributed by atoms with Crippen LogP contribution in [0.25, 0.3) is 0 Å². The SMILES string of the molecule is COCCn1cc(Nc2cn[nH]c2[N+](=O)[O-])cn1. The average molecular weight is 252 g/mol. The number of H-pyrrole nitrogens is 1. The molecule has 0 radical (unpaired) electrons. The minimum absolute atomic E-state index is 0.181. The molecule has 18 heavy (non-hydrogen) atoms. The number of hydrogen-bond donors (Lipinski definition) is 2. The molecular formula is C9H12N6O3. The number of anilines is 2. The van der Waals surface area contributed by atoms with E-state index >= 15 is 0 Å². The zero-order valence-electron chi connectivity index (χ0n) is 9.66. The molecule has 0 saturated heterocycles. The van der Waals surface area contributed by atoms with Gasteiger partial charge in [0.2, 0.25) is 0 Å². The van der Waals surface area contributed by atoms with E-state index in [0.29, 0.717) is 24.5 Å². The van der Waals surface area contributed by atoms with Crippen molar-refractivity contribution in [2.24, 2.45) is 0 Å². The van der Waals surface area contributed by atoms with Crippen molar-refractivity contribution in [3.63, 3.8) is 0 Å². The molecule has 2 heterocycles. The fourth-order valence-electron chi connectivity index (χ4n) is 1.40. The first-order valence-electron chi connectivity index (χ1n) is 5.17. The van der Waals surface area contributed by atoms with Crippen LogP contribution in [0.3, 0.4) is 0 Å². The average Bonchev–Trinajstić information content (AvgIpc) is 2.96. The minimum Gasteiger partial charge on any atom is -0.383 e. The molecule has 0 fully saturated rings. The van der Waals surface area contributed by atoms with Crippen molar-refractivity contribution in [3.8, 4) is 0 Å². The van der Waals surface area contributed by atoms with Crippen LogP contribution in [0.4, 0.5) is 17.2 Å². The first kappa shape index (κ1) is 12.0. The summed E-state index contributed by atoms with van der Waals surface area (Å²) < 4.78 is 6.60. The highest BCUT2D eigenvalue weighted by Crippen LogP contribution is 2.23. The number of nitrogens with zero attached hydrogens (tertiary/aromatic N) is 4. The summed E-state index contributed by atoms with van der Waals surface area (Å²) in [6, 6.07) is 0. The topological polar surface area (TPSA) is 111 Å². The molecule has 0 aliphatic carbocycles. The van der Waals surface area contributed by atoms with Crippen LogP contribution in [0.5, 0.6) is 0 Å². The van der Waals surface area contributed by atoms with Crippen LogP contribution in [0, 0.1) is 10.1 Å². The van der Waals surface area contributed by atoms with Gasteiger partial charge >= 0.3 is 5.82 Å². The molecule has 0 aliphatic rings. The fourth-order valence-corrected chi connectivity index (χ4v) is 1.40. The summed E-state index contributed by atoms with van der Waals surface area (Å²) in [5.41, 5.74) is 0.946. The Morgan fingerprint density at radius 1 is 1.61 bits per heavy atom. The van der Waals surface area contributed by atoms with Crippen molar-refractivity contribution >= 4 is 17.2 Å². The highest BCUT2D eigenvalue weighted by molar-refractivity contribution is 5.65. The van der Waals surface area contributed by atoms with Crippen LogP contribution in [0.1, 0.15) is 0 Å². The second-order valence-corrected chi connectivity index (χ2v) is 3.50. The summed E-state index contributed by atoms with van der Waals surface area (Å²) >= 11 is 0. The van der Waals surface area contributed by atoms with Gasteiger partial charge in [-0.05, 0) is 4.92 Å². The predicted molar refractivity (Wildman–Crippen MR) is 62.6 cm³/mol. The van der Waals surface area contributed by atoms with E-state index in [1.165, 1.54) is 6.20 Å². The molecule has 0 aliphatic heterocycles. The quantitative estimate of drug-likeness (QED) is 0.583. The molecule has 0 atom stereocenters. The third-order valence-corrected chi connectivity index (χ3v) is 2.24. The number of rotatable bonds is 6. The largest absolute Gasteiger partial charge is 0.383 e. The number of methoxy groups -OCH3 is 1. The molecule has 0 bridgehead atoms. The molecule has 0 aromatic carbocycles. The number of ether oxygens (including phenoxy) is 1. The molecule has 0 amide bonds. The van der Waals surface area contributed by atoms with Crippen molar-refractivity contribution in [3.05, 3.63) is 28.7 Å². The highest BCUT2D eigenvalue weighted by atomic mass is 16.6. The van der Waals surface area contributed by atoms with Gasteiger partial charge in [0.15, 0.2) is 5.69 Å². The smallest absolute Gasteiger partial charge is 0.366 e. The second-order valence-electron chi connectivity index (χ2n) is 3.50. The maximum absolute atomic E-state index is 10.7. The molecule has 2 aromatic heterocycles. The third-order valence-electron chi connectivity index (χ3n) is 2.24. The van der Waals surface area contributed by atoms with Gasteiger partial charge in [0.25, 0.3) is 0 Å². The Balaban J connectivity index is 2.06. The lowest BCUT2D eigenvalue weighted by Crippen LogP contribution is -2.03. The Labute approximate surface area is 102 Å². The Morgan fingerprint density at radius 2 is 2.44 bits per heavy atom. The molecule has 2 aromatic rings. The fraction of sp³-hybridized carbons (Fsp3) is 0.333. The van der Waals surface area contributed by atoms with Gasteiger partial charge in [0.05, 0.1) is 25.0 Å². The van der Waals surface area contributed by atoms with Crippen LogP contribution in [-0.4, -0.2) is 38.6 Å². The number of nitro groups is 1. The van der Waals surface area contributed by atoms with Crippen LogP contribution >= 0.6 is 0 Å². The Bertz CT molecular complexity index is 534. The molecule has 2 rings (SSSR count). The van der Waals surface area contributed by atoms with Gasteiger partial charge < -0.3 is 20.2 Å². The predicted octanol–water partition coefficient (Wildman–Crippen LogP) is 0.904. The van der Waals surface area contributed by atoms with E-state index in [2.05, 4.69) is 20.6 Å². The standard InChI is InChI=1S/C9H12N6O3/c1-18-3-2-14-6-7(4-11-14)12-8-5-10-13-9(8)15(16)17/h4-6,12H,2-3H2,1H3,(H,10,13). The lowest BCUT2D eigenvalue weighted by Gasteiger charge is -2.00. The maximum atomic E-state index is 10.7. The maximum Gasteiger partial charge on any atom is 0.366 e. The second kappa shape index (κ2) is 5.27. The van der Waals surface area contributed by atoms with E-state index in [0.717, 1.165) is 0 Å². The molecule has 96 valence electrons. The van der Waals surface area contributed by atoms with Gasteiger partial charge in [-0.25, -0.2) is 0 Å². The van der Waals surface area contributed by atoms with E-state index in [1.807, 2.05) is 0 Å². The van der Waals surface area contributed by atoms with Crippen molar-refractivity contribution in [1.29, 1.82) is 0 Å². The van der Waals surface area contributed by atoms with E-state index in [4.69, 9.17) is 4.74 Å². The summed E-state index contributed by atoms with van der Waals surface area (Å²) in [6.45, 7) is 1.17. The molecule has 9 heteroatoms. The van der Waals surface area contributed by atoms with Gasteiger partial charge in [0, 0.05) is 13.3 Å².